The summed E-state index contributed by atoms with van der Waals surface area (Å²) in [4.78, 5) is 15.1. The van der Waals surface area contributed by atoms with Gasteiger partial charge in [0.1, 0.15) is 12.0 Å². The Balaban J connectivity index is 1.37. The number of pyridine rings is 1. The molecule has 1 aromatic heterocycles. The summed E-state index contributed by atoms with van der Waals surface area (Å²) in [6.45, 7) is 0.613. The van der Waals surface area contributed by atoms with E-state index in [0.717, 1.165) is 72.8 Å². The lowest BCUT2D eigenvalue weighted by Crippen LogP contribution is -2.29. The average Bonchev–Trinajstić information content (AvgIpc) is 3.78. The summed E-state index contributed by atoms with van der Waals surface area (Å²) >= 11 is 13.1. The number of aldehydes is 1. The molecule has 0 unspecified atom stereocenters. The van der Waals surface area contributed by atoms with Gasteiger partial charge in [-0.1, -0.05) is 41.4 Å². The molecule has 0 amide bonds. The Morgan fingerprint density at radius 3 is 2.59 bits per heavy atom. The molecule has 0 saturated heterocycles. The molecule has 6 heteroatoms. The Kier molecular flexibility index (Phi) is 6.91. The van der Waals surface area contributed by atoms with Gasteiger partial charge in [-0.2, -0.15) is 0 Å². The Morgan fingerprint density at radius 2 is 1.82 bits per heavy atom. The van der Waals surface area contributed by atoms with Crippen molar-refractivity contribution in [2.45, 2.75) is 63.1 Å². The zero-order valence-electron chi connectivity index (χ0n) is 19.0. The molecule has 2 fully saturated rings. The highest BCUT2D eigenvalue weighted by Crippen LogP contribution is 2.50. The number of nitrogens with one attached hydrogen (secondary N) is 1. The molecule has 0 atom stereocenters. The fourth-order valence-corrected chi connectivity index (χ4v) is 4.96. The molecule has 2 aliphatic carbocycles. The fraction of sp³-hybridized carbons (Fsp3) is 0.357. The van der Waals surface area contributed by atoms with Crippen LogP contribution in [-0.2, 0) is 23.3 Å². The van der Waals surface area contributed by atoms with Crippen LogP contribution in [0.25, 0.3) is 11.1 Å². The van der Waals surface area contributed by atoms with E-state index in [4.69, 9.17) is 27.9 Å². The SMILES string of the molecule is O=CCCCc1cc(Cl)c(CNC2(c3cnccc3-c3ccccc3OC3CC3)CC2)cc1Cl. The first kappa shape index (κ1) is 23.3. The molecule has 4 nitrogen and oxygen atoms in total. The second-order valence-corrected chi connectivity index (χ2v) is 10.1. The van der Waals surface area contributed by atoms with Crippen molar-refractivity contribution in [1.29, 1.82) is 0 Å². The molecular weight excluding hydrogens is 467 g/mol. The predicted octanol–water partition coefficient (Wildman–Crippen LogP) is 6.90. The third-order valence-electron chi connectivity index (χ3n) is 6.68. The van der Waals surface area contributed by atoms with Crippen molar-refractivity contribution >= 4 is 29.5 Å². The molecule has 1 N–H and O–H groups in total. The maximum atomic E-state index is 10.6. The third-order valence-corrected chi connectivity index (χ3v) is 7.39. The lowest BCUT2D eigenvalue weighted by Gasteiger charge is -2.23. The topological polar surface area (TPSA) is 51.2 Å². The number of aryl methyl sites for hydroxylation is 1. The number of hydrogen-bond acceptors (Lipinski definition) is 4. The number of benzene rings is 2. The highest BCUT2D eigenvalue weighted by molar-refractivity contribution is 6.34. The van der Waals surface area contributed by atoms with Gasteiger partial charge >= 0.3 is 0 Å². The molecular formula is C28H28Cl2N2O2. The molecule has 2 aliphatic rings. The van der Waals surface area contributed by atoms with Crippen molar-refractivity contribution in [2.75, 3.05) is 0 Å². The minimum atomic E-state index is -0.144. The Labute approximate surface area is 210 Å². The smallest absolute Gasteiger partial charge is 0.127 e. The standard InChI is InChI=1S/C28H28Cl2N2O2/c29-25-16-20(26(30)15-19(25)5-3-4-14-33)17-32-28(11-12-28)24-18-31-13-10-22(24)23-6-1-2-7-27(23)34-21-8-9-21/h1-2,6-7,10,13-16,18,21,32H,3-5,8-9,11-12,17H2. The van der Waals surface area contributed by atoms with Crippen molar-refractivity contribution in [3.8, 4) is 16.9 Å². The van der Waals surface area contributed by atoms with Crippen LogP contribution in [0.5, 0.6) is 5.75 Å². The lowest BCUT2D eigenvalue weighted by atomic mass is 9.94. The summed E-state index contributed by atoms with van der Waals surface area (Å²) < 4.78 is 6.21. The zero-order chi connectivity index (χ0) is 23.5. The molecule has 0 bridgehead atoms. The minimum absolute atomic E-state index is 0.144. The van der Waals surface area contributed by atoms with Gasteiger partial charge in [-0.15, -0.1) is 0 Å². The van der Waals surface area contributed by atoms with E-state index >= 15 is 0 Å². The number of ether oxygens (including phenoxy) is 1. The van der Waals surface area contributed by atoms with E-state index in [1.54, 1.807) is 0 Å². The van der Waals surface area contributed by atoms with Crippen molar-refractivity contribution in [1.82, 2.24) is 10.3 Å². The first-order valence-corrected chi connectivity index (χ1v) is 12.7. The van der Waals surface area contributed by atoms with Crippen LogP contribution in [0, 0.1) is 0 Å². The van der Waals surface area contributed by atoms with E-state index in [2.05, 4.69) is 34.6 Å². The maximum absolute atomic E-state index is 10.6. The van der Waals surface area contributed by atoms with Gasteiger partial charge in [0.15, 0.2) is 0 Å². The van der Waals surface area contributed by atoms with E-state index in [9.17, 15) is 4.79 Å². The maximum Gasteiger partial charge on any atom is 0.127 e. The van der Waals surface area contributed by atoms with E-state index in [0.29, 0.717) is 29.1 Å². The summed E-state index contributed by atoms with van der Waals surface area (Å²) in [6, 6.07) is 14.3. The number of unbranched alkanes of at least 4 members (excludes halogenated alkanes) is 1. The Bertz CT molecular complexity index is 1190. The second-order valence-electron chi connectivity index (χ2n) is 9.26. The summed E-state index contributed by atoms with van der Waals surface area (Å²) in [6.07, 6.45) is 11.5. The van der Waals surface area contributed by atoms with Crippen LogP contribution in [0.3, 0.4) is 0 Å². The van der Waals surface area contributed by atoms with Gasteiger partial charge < -0.3 is 14.8 Å². The molecule has 2 saturated carbocycles. The largest absolute Gasteiger partial charge is 0.490 e. The van der Waals surface area contributed by atoms with Crippen LogP contribution in [0.1, 0.15) is 55.2 Å². The van der Waals surface area contributed by atoms with Crippen molar-refractivity contribution in [2.24, 2.45) is 0 Å². The molecule has 176 valence electrons. The van der Waals surface area contributed by atoms with Crippen LogP contribution >= 0.6 is 23.2 Å². The van der Waals surface area contributed by atoms with Crippen molar-refractivity contribution < 1.29 is 9.53 Å². The minimum Gasteiger partial charge on any atom is -0.490 e. The first-order chi connectivity index (χ1) is 16.6. The summed E-state index contributed by atoms with van der Waals surface area (Å²) in [7, 11) is 0. The fourth-order valence-electron chi connectivity index (χ4n) is 4.43. The number of carbonyl (C=O) groups excluding carboxylic acids is 1. The molecule has 3 aromatic rings. The van der Waals surface area contributed by atoms with Crippen LogP contribution in [0.2, 0.25) is 10.0 Å². The van der Waals surface area contributed by atoms with Crippen LogP contribution in [0.15, 0.2) is 54.9 Å². The number of nitrogens with zero attached hydrogens (tertiary/aromatic N) is 1. The molecule has 34 heavy (non-hydrogen) atoms. The van der Waals surface area contributed by atoms with E-state index < -0.39 is 0 Å². The lowest BCUT2D eigenvalue weighted by molar-refractivity contribution is -0.107. The van der Waals surface area contributed by atoms with E-state index in [1.807, 2.05) is 30.6 Å². The molecule has 0 radical (unpaired) electrons. The van der Waals surface area contributed by atoms with Gasteiger partial charge in [-0.05, 0) is 85.0 Å². The molecule has 1 heterocycles. The molecule has 0 aliphatic heterocycles. The number of aromatic nitrogens is 1. The van der Waals surface area contributed by atoms with Gasteiger partial charge in [0.25, 0.3) is 0 Å². The number of hydrogen-bond donors (Lipinski definition) is 1. The monoisotopic (exact) mass is 494 g/mol. The second kappa shape index (κ2) is 10.1. The van der Waals surface area contributed by atoms with Gasteiger partial charge in [0.05, 0.1) is 6.10 Å². The van der Waals surface area contributed by atoms with Gasteiger partial charge in [-0.25, -0.2) is 0 Å². The highest BCUT2D eigenvalue weighted by Gasteiger charge is 2.45. The number of para-hydroxylation sites is 1. The average molecular weight is 495 g/mol. The predicted molar refractivity (Wildman–Crippen MR) is 137 cm³/mol. The third kappa shape index (κ3) is 5.14. The normalized spacial score (nSPS) is 16.3. The van der Waals surface area contributed by atoms with Gasteiger partial charge in [-0.3, -0.25) is 4.98 Å². The van der Waals surface area contributed by atoms with Gasteiger partial charge in [0.2, 0.25) is 0 Å². The summed E-state index contributed by atoms with van der Waals surface area (Å²) in [5.74, 6) is 0.938. The van der Waals surface area contributed by atoms with Crippen LogP contribution < -0.4 is 10.1 Å². The summed E-state index contributed by atoms with van der Waals surface area (Å²) in [5.41, 5.74) is 5.27. The molecule has 0 spiro atoms. The quantitative estimate of drug-likeness (QED) is 0.232. The molecule has 5 rings (SSSR count). The highest BCUT2D eigenvalue weighted by atomic mass is 35.5. The Morgan fingerprint density at radius 1 is 1.06 bits per heavy atom. The van der Waals surface area contributed by atoms with E-state index in [-0.39, 0.29) is 5.54 Å². The number of rotatable bonds is 11. The van der Waals surface area contributed by atoms with E-state index in [1.165, 1.54) is 5.56 Å². The number of carbonyl (C=O) groups is 1. The van der Waals surface area contributed by atoms with Gasteiger partial charge in [0, 0.05) is 46.5 Å². The van der Waals surface area contributed by atoms with Crippen LogP contribution in [-0.4, -0.2) is 17.4 Å². The van der Waals surface area contributed by atoms with Crippen molar-refractivity contribution in [3.63, 3.8) is 0 Å². The summed E-state index contributed by atoms with van der Waals surface area (Å²) in [5, 5.41) is 5.15. The Hall–Kier alpha value is -2.40. The zero-order valence-corrected chi connectivity index (χ0v) is 20.5. The van der Waals surface area contributed by atoms with Crippen molar-refractivity contribution in [3.05, 3.63) is 81.6 Å². The first-order valence-electron chi connectivity index (χ1n) is 12.0. The number of halogens is 2. The molecule has 2 aromatic carbocycles. The van der Waals surface area contributed by atoms with Crippen LogP contribution in [0.4, 0.5) is 0 Å².